The van der Waals surface area contributed by atoms with Crippen molar-refractivity contribution in [1.29, 1.82) is 0 Å². The predicted octanol–water partition coefficient (Wildman–Crippen LogP) is 6.04. The Morgan fingerprint density at radius 2 is 1.96 bits per heavy atom. The van der Waals surface area contributed by atoms with Crippen LogP contribution in [0.4, 0.5) is 20.2 Å². The molecule has 3 nitrogen and oxygen atoms in total. The van der Waals surface area contributed by atoms with E-state index in [0.717, 1.165) is 9.13 Å². The molecule has 1 heterocycles. The molecule has 23 heavy (non-hydrogen) atoms. The highest BCUT2D eigenvalue weighted by molar-refractivity contribution is 14.1. The second kappa shape index (κ2) is 6.56. The van der Waals surface area contributed by atoms with Crippen molar-refractivity contribution in [3.8, 4) is 11.3 Å². The van der Waals surface area contributed by atoms with Gasteiger partial charge in [0.25, 0.3) is 0 Å². The third kappa shape index (κ3) is 3.25. The minimum atomic E-state index is -0.983. The van der Waals surface area contributed by atoms with Crippen molar-refractivity contribution in [2.75, 3.05) is 5.32 Å². The van der Waals surface area contributed by atoms with E-state index in [-0.39, 0.29) is 10.2 Å². The number of nitrogens with one attached hydrogen (secondary N) is 1. The first-order valence-electron chi connectivity index (χ1n) is 6.59. The van der Waals surface area contributed by atoms with Gasteiger partial charge in [-0.1, -0.05) is 5.16 Å². The van der Waals surface area contributed by atoms with Crippen LogP contribution in [0.2, 0.25) is 0 Å². The summed E-state index contributed by atoms with van der Waals surface area (Å²) in [7, 11) is 0. The van der Waals surface area contributed by atoms with E-state index in [4.69, 9.17) is 4.52 Å². The maximum absolute atomic E-state index is 14.5. The van der Waals surface area contributed by atoms with Crippen molar-refractivity contribution in [3.05, 3.63) is 61.8 Å². The van der Waals surface area contributed by atoms with Crippen LogP contribution >= 0.6 is 38.5 Å². The molecule has 1 aromatic heterocycles. The predicted molar refractivity (Wildman–Crippen MR) is 96.7 cm³/mol. The largest absolute Gasteiger partial charge is 0.356 e. The maximum Gasteiger partial charge on any atom is 0.184 e. The first-order valence-corrected chi connectivity index (χ1v) is 8.46. The van der Waals surface area contributed by atoms with Crippen LogP contribution in [0, 0.1) is 22.1 Å². The van der Waals surface area contributed by atoms with E-state index in [1.807, 2.05) is 25.1 Å². The normalized spacial score (nSPS) is 10.8. The Kier molecular flexibility index (Phi) is 4.67. The summed E-state index contributed by atoms with van der Waals surface area (Å²) in [5.41, 5.74) is 1.99. The van der Waals surface area contributed by atoms with Gasteiger partial charge in [-0.05, 0) is 75.3 Å². The molecule has 0 aliphatic heterocycles. The third-order valence-corrected chi connectivity index (χ3v) is 4.56. The number of hydrogen-bond donors (Lipinski definition) is 1. The average Bonchev–Trinajstić information content (AvgIpc) is 3.04. The van der Waals surface area contributed by atoms with Crippen LogP contribution in [-0.4, -0.2) is 5.16 Å². The number of benzene rings is 2. The summed E-state index contributed by atoms with van der Waals surface area (Å²) >= 11 is 5.21. The second-order valence-electron chi connectivity index (χ2n) is 4.87. The molecule has 0 amide bonds. The molecule has 1 N–H and O–H groups in total. The summed E-state index contributed by atoms with van der Waals surface area (Å²) in [6.07, 6.45) is 1.45. The number of rotatable bonds is 3. The highest BCUT2D eigenvalue weighted by Gasteiger charge is 2.21. The molecular formula is C16H10BrF2IN2O. The summed E-state index contributed by atoms with van der Waals surface area (Å²) < 4.78 is 34.6. The fourth-order valence-corrected chi connectivity index (χ4v) is 3.22. The van der Waals surface area contributed by atoms with Gasteiger partial charge >= 0.3 is 0 Å². The van der Waals surface area contributed by atoms with Gasteiger partial charge < -0.3 is 9.84 Å². The lowest BCUT2D eigenvalue weighted by Crippen LogP contribution is -2.01. The lowest BCUT2D eigenvalue weighted by molar-refractivity contribution is 0.431. The third-order valence-electron chi connectivity index (χ3n) is 3.31. The fourth-order valence-electron chi connectivity index (χ4n) is 2.17. The second-order valence-corrected chi connectivity index (χ2v) is 6.97. The number of halogens is 4. The van der Waals surface area contributed by atoms with Crippen LogP contribution in [0.25, 0.3) is 11.3 Å². The van der Waals surface area contributed by atoms with E-state index < -0.39 is 11.6 Å². The lowest BCUT2D eigenvalue weighted by Gasteiger charge is -2.15. The van der Waals surface area contributed by atoms with Gasteiger partial charge in [-0.25, -0.2) is 8.78 Å². The Morgan fingerprint density at radius 1 is 1.17 bits per heavy atom. The van der Waals surface area contributed by atoms with Crippen molar-refractivity contribution < 1.29 is 13.3 Å². The van der Waals surface area contributed by atoms with E-state index in [1.165, 1.54) is 12.3 Å². The Balaban J connectivity index is 2.15. The summed E-state index contributed by atoms with van der Waals surface area (Å²) in [5, 5.41) is 6.59. The molecule has 0 aliphatic rings. The van der Waals surface area contributed by atoms with E-state index in [1.54, 1.807) is 6.07 Å². The first-order chi connectivity index (χ1) is 11.0. The molecule has 3 rings (SSSR count). The smallest absolute Gasteiger partial charge is 0.184 e. The maximum atomic E-state index is 14.5. The molecule has 0 saturated carbocycles. The zero-order valence-electron chi connectivity index (χ0n) is 11.8. The van der Waals surface area contributed by atoms with Crippen LogP contribution in [0.15, 0.2) is 45.5 Å². The van der Waals surface area contributed by atoms with E-state index in [9.17, 15) is 8.78 Å². The molecule has 118 valence electrons. The number of hydrogen-bond acceptors (Lipinski definition) is 3. The van der Waals surface area contributed by atoms with Crippen molar-refractivity contribution in [2.45, 2.75) is 6.92 Å². The topological polar surface area (TPSA) is 38.1 Å². The molecule has 0 radical (unpaired) electrons. The molecule has 0 fully saturated rings. The van der Waals surface area contributed by atoms with Crippen molar-refractivity contribution in [1.82, 2.24) is 5.16 Å². The molecule has 0 aliphatic carbocycles. The Labute approximate surface area is 153 Å². The molecular weight excluding hydrogens is 481 g/mol. The molecule has 3 aromatic rings. The first kappa shape index (κ1) is 16.4. The van der Waals surface area contributed by atoms with Gasteiger partial charge in [-0.2, -0.15) is 0 Å². The number of anilines is 2. The van der Waals surface area contributed by atoms with Crippen LogP contribution in [0.5, 0.6) is 0 Å². The molecule has 2 aromatic carbocycles. The van der Waals surface area contributed by atoms with Crippen LogP contribution in [0.3, 0.4) is 0 Å². The quantitative estimate of drug-likeness (QED) is 0.359. The Morgan fingerprint density at radius 3 is 2.61 bits per heavy atom. The molecule has 7 heteroatoms. The van der Waals surface area contributed by atoms with Crippen molar-refractivity contribution >= 4 is 49.9 Å². The lowest BCUT2D eigenvalue weighted by atomic mass is 10.1. The van der Waals surface area contributed by atoms with Crippen LogP contribution in [0.1, 0.15) is 5.56 Å². The highest BCUT2D eigenvalue weighted by atomic mass is 127. The van der Waals surface area contributed by atoms with Gasteiger partial charge in [0.2, 0.25) is 0 Å². The van der Waals surface area contributed by atoms with Crippen molar-refractivity contribution in [3.63, 3.8) is 0 Å². The average molecular weight is 491 g/mol. The fraction of sp³-hybridized carbons (Fsp3) is 0.0625. The summed E-state index contributed by atoms with van der Waals surface area (Å²) in [6.45, 7) is 1.89. The zero-order valence-corrected chi connectivity index (χ0v) is 15.6. The van der Waals surface area contributed by atoms with E-state index >= 15 is 0 Å². The standard InChI is InChI=1S/C16H10BrF2IN2O/c1-8-6-9(20)2-3-12(8)22-16-10(13-4-5-21-23-13)7-11(17)14(18)15(16)19/h2-7,22H,1H3. The minimum Gasteiger partial charge on any atom is -0.356 e. The molecule has 0 saturated heterocycles. The van der Waals surface area contributed by atoms with E-state index in [2.05, 4.69) is 49.0 Å². The van der Waals surface area contributed by atoms with Crippen LogP contribution in [-0.2, 0) is 0 Å². The monoisotopic (exact) mass is 490 g/mol. The highest BCUT2D eigenvalue weighted by Crippen LogP contribution is 2.38. The SMILES string of the molecule is Cc1cc(I)ccc1Nc1c(-c2ccno2)cc(Br)c(F)c1F. The number of aromatic nitrogens is 1. The molecule has 0 atom stereocenters. The van der Waals surface area contributed by atoms with E-state index in [0.29, 0.717) is 17.0 Å². The van der Waals surface area contributed by atoms with Gasteiger partial charge in [-0.15, -0.1) is 0 Å². The van der Waals surface area contributed by atoms with Gasteiger partial charge in [0.05, 0.1) is 16.4 Å². The minimum absolute atomic E-state index is 0.00626. The van der Waals surface area contributed by atoms with Crippen LogP contribution < -0.4 is 5.32 Å². The molecule has 0 spiro atoms. The zero-order chi connectivity index (χ0) is 16.6. The van der Waals surface area contributed by atoms with Gasteiger partial charge in [0.15, 0.2) is 17.4 Å². The van der Waals surface area contributed by atoms with Gasteiger partial charge in [-0.3, -0.25) is 0 Å². The number of nitrogens with zero attached hydrogens (tertiary/aromatic N) is 1. The summed E-state index contributed by atoms with van der Waals surface area (Å²) in [5.74, 6) is -1.60. The summed E-state index contributed by atoms with van der Waals surface area (Å²) in [4.78, 5) is 0. The van der Waals surface area contributed by atoms with Gasteiger partial charge in [0.1, 0.15) is 0 Å². The Bertz CT molecular complexity index is 869. The summed E-state index contributed by atoms with van der Waals surface area (Å²) in [6, 6.07) is 8.70. The van der Waals surface area contributed by atoms with Gasteiger partial charge in [0, 0.05) is 20.9 Å². The molecule has 0 unspecified atom stereocenters. The number of aryl methyl sites for hydroxylation is 1. The molecule has 0 bridgehead atoms. The van der Waals surface area contributed by atoms with Crippen molar-refractivity contribution in [2.24, 2.45) is 0 Å². The Hall–Kier alpha value is -1.48.